The smallest absolute Gasteiger partial charge is 0.236 e. The minimum Gasteiger partial charge on any atom is -0.358 e. The van der Waals surface area contributed by atoms with Gasteiger partial charge in [-0.3, -0.25) is 4.79 Å². The number of rotatable bonds is 6. The molecule has 3 nitrogen and oxygen atoms in total. The number of carbonyl (C=O) groups is 1. The topological polar surface area (TPSA) is 41.1 Å². The van der Waals surface area contributed by atoms with Gasteiger partial charge in [-0.05, 0) is 25.7 Å². The number of unbranched alkanes of at least 4 members (excludes halogenated alkanes) is 3. The molecule has 0 aromatic rings. The summed E-state index contributed by atoms with van der Waals surface area (Å²) in [5, 5.41) is 6.04. The van der Waals surface area contributed by atoms with Crippen LogP contribution in [0.5, 0.6) is 0 Å². The lowest BCUT2D eigenvalue weighted by Gasteiger charge is -2.12. The zero-order chi connectivity index (χ0) is 11.1. The van der Waals surface area contributed by atoms with Crippen molar-refractivity contribution in [3.63, 3.8) is 0 Å². The fourth-order valence-electron chi connectivity index (χ4n) is 2.05. The number of hydrogen-bond donors (Lipinski definition) is 2. The Kier molecular flexibility index (Phi) is 5.69. The predicted octanol–water partition coefficient (Wildman–Crippen LogP) is 1.64. The molecule has 0 bridgehead atoms. The third kappa shape index (κ3) is 4.20. The van der Waals surface area contributed by atoms with Crippen molar-refractivity contribution in [3.05, 3.63) is 6.42 Å². The van der Waals surface area contributed by atoms with E-state index < -0.39 is 0 Å². The second kappa shape index (κ2) is 6.83. The van der Waals surface area contributed by atoms with Gasteiger partial charge in [0.25, 0.3) is 0 Å². The van der Waals surface area contributed by atoms with Crippen LogP contribution in [-0.2, 0) is 4.79 Å². The van der Waals surface area contributed by atoms with E-state index in [9.17, 15) is 4.79 Å². The standard InChI is InChI=1S/C12H23N2O/c1-3-4-5-6-7-10-8-9-11(14-10)12(15)13-2/h7,10-11,14H,3-6,8-9H2,1-2H3,(H,13,15)/t10-,11?/m1/s1. The highest BCUT2D eigenvalue weighted by Gasteiger charge is 2.27. The molecule has 2 N–H and O–H groups in total. The zero-order valence-electron chi connectivity index (χ0n) is 9.88. The van der Waals surface area contributed by atoms with Crippen molar-refractivity contribution in [2.75, 3.05) is 7.05 Å². The minimum atomic E-state index is 0.0300. The van der Waals surface area contributed by atoms with Gasteiger partial charge in [-0.2, -0.15) is 0 Å². The van der Waals surface area contributed by atoms with E-state index in [4.69, 9.17) is 0 Å². The van der Waals surface area contributed by atoms with Gasteiger partial charge in [0.15, 0.2) is 0 Å². The van der Waals surface area contributed by atoms with Crippen LogP contribution in [0.3, 0.4) is 0 Å². The Balaban J connectivity index is 2.11. The second-order valence-corrected chi connectivity index (χ2v) is 4.25. The SMILES string of the molecule is CCCCC[CH][C@@H]1CCC(C(=O)NC)N1. The normalized spacial score (nSPS) is 25.5. The van der Waals surface area contributed by atoms with Crippen LogP contribution >= 0.6 is 0 Å². The molecule has 1 aliphatic rings. The molecular formula is C12H23N2O. The second-order valence-electron chi connectivity index (χ2n) is 4.25. The van der Waals surface area contributed by atoms with E-state index >= 15 is 0 Å². The maximum Gasteiger partial charge on any atom is 0.236 e. The van der Waals surface area contributed by atoms with E-state index in [0.29, 0.717) is 6.04 Å². The van der Waals surface area contributed by atoms with Crippen molar-refractivity contribution in [2.24, 2.45) is 0 Å². The van der Waals surface area contributed by atoms with Crippen LogP contribution in [0.25, 0.3) is 0 Å². The lowest BCUT2D eigenvalue weighted by Crippen LogP contribution is -2.41. The van der Waals surface area contributed by atoms with Gasteiger partial charge in [-0.25, -0.2) is 0 Å². The van der Waals surface area contributed by atoms with Gasteiger partial charge in [-0.1, -0.05) is 26.2 Å². The summed E-state index contributed by atoms with van der Waals surface area (Å²) in [6, 6.07) is 0.478. The van der Waals surface area contributed by atoms with Crippen LogP contribution in [0.2, 0.25) is 0 Å². The Labute approximate surface area is 93.0 Å². The molecule has 0 saturated carbocycles. The molecule has 3 heteroatoms. The monoisotopic (exact) mass is 211 g/mol. The summed E-state index contributed by atoms with van der Waals surface area (Å²) in [5.74, 6) is 0.124. The fourth-order valence-corrected chi connectivity index (χ4v) is 2.05. The molecule has 0 aromatic carbocycles. The number of amides is 1. The molecule has 15 heavy (non-hydrogen) atoms. The largest absolute Gasteiger partial charge is 0.358 e. The maximum atomic E-state index is 11.3. The molecule has 1 saturated heterocycles. The molecule has 1 radical (unpaired) electrons. The summed E-state index contributed by atoms with van der Waals surface area (Å²) in [6.07, 6.45) is 9.43. The van der Waals surface area contributed by atoms with Gasteiger partial charge in [0.2, 0.25) is 5.91 Å². The van der Waals surface area contributed by atoms with E-state index in [0.717, 1.165) is 12.8 Å². The number of likely N-dealkylation sites (N-methyl/N-ethyl adjacent to an activating group) is 1. The first-order valence-corrected chi connectivity index (χ1v) is 6.09. The summed E-state index contributed by atoms with van der Waals surface area (Å²) in [4.78, 5) is 11.3. The highest BCUT2D eigenvalue weighted by atomic mass is 16.2. The Bertz CT molecular complexity index is 194. The van der Waals surface area contributed by atoms with Crippen molar-refractivity contribution in [2.45, 2.75) is 57.5 Å². The van der Waals surface area contributed by atoms with Gasteiger partial charge < -0.3 is 10.6 Å². The molecule has 1 unspecified atom stereocenters. The molecule has 0 aliphatic carbocycles. The number of hydrogen-bond acceptors (Lipinski definition) is 2. The summed E-state index contributed by atoms with van der Waals surface area (Å²) in [6.45, 7) is 2.22. The quantitative estimate of drug-likeness (QED) is 0.656. The molecule has 87 valence electrons. The van der Waals surface area contributed by atoms with E-state index in [1.54, 1.807) is 7.05 Å². The third-order valence-corrected chi connectivity index (χ3v) is 3.00. The van der Waals surface area contributed by atoms with Gasteiger partial charge in [0, 0.05) is 13.1 Å². The Hall–Kier alpha value is -0.570. The van der Waals surface area contributed by atoms with Crippen LogP contribution in [0.1, 0.15) is 45.4 Å². The molecular weight excluding hydrogens is 188 g/mol. The molecule has 1 rings (SSSR count). The molecule has 1 amide bonds. The third-order valence-electron chi connectivity index (χ3n) is 3.00. The van der Waals surface area contributed by atoms with Gasteiger partial charge >= 0.3 is 0 Å². The first-order chi connectivity index (χ1) is 7.27. The number of nitrogens with one attached hydrogen (secondary N) is 2. The number of carbonyl (C=O) groups excluding carboxylic acids is 1. The molecule has 0 aromatic heterocycles. The summed E-state index contributed by atoms with van der Waals surface area (Å²) < 4.78 is 0. The van der Waals surface area contributed by atoms with E-state index in [1.165, 1.54) is 25.7 Å². The van der Waals surface area contributed by atoms with Crippen molar-refractivity contribution in [3.8, 4) is 0 Å². The molecule has 2 atom stereocenters. The van der Waals surface area contributed by atoms with Crippen molar-refractivity contribution < 1.29 is 4.79 Å². The van der Waals surface area contributed by atoms with Gasteiger partial charge in [-0.15, -0.1) is 0 Å². The van der Waals surface area contributed by atoms with Crippen LogP contribution < -0.4 is 10.6 Å². The summed E-state index contributed by atoms with van der Waals surface area (Å²) in [7, 11) is 1.70. The lowest BCUT2D eigenvalue weighted by atomic mass is 10.1. The molecule has 0 spiro atoms. The molecule has 1 aliphatic heterocycles. The minimum absolute atomic E-state index is 0.0300. The van der Waals surface area contributed by atoms with E-state index in [2.05, 4.69) is 24.0 Å². The van der Waals surface area contributed by atoms with E-state index in [1.807, 2.05) is 0 Å². The zero-order valence-corrected chi connectivity index (χ0v) is 9.88. The van der Waals surface area contributed by atoms with Crippen LogP contribution in [0, 0.1) is 6.42 Å². The Morgan fingerprint density at radius 3 is 2.93 bits per heavy atom. The van der Waals surface area contributed by atoms with Crippen molar-refractivity contribution >= 4 is 5.91 Å². The first-order valence-electron chi connectivity index (χ1n) is 6.09. The average Bonchev–Trinajstić information content (AvgIpc) is 2.72. The Morgan fingerprint density at radius 1 is 1.47 bits per heavy atom. The highest BCUT2D eigenvalue weighted by molar-refractivity contribution is 5.81. The lowest BCUT2D eigenvalue weighted by molar-refractivity contribution is -0.122. The van der Waals surface area contributed by atoms with Crippen LogP contribution in [0.15, 0.2) is 0 Å². The average molecular weight is 211 g/mol. The van der Waals surface area contributed by atoms with Gasteiger partial charge in [0.05, 0.1) is 6.04 Å². The predicted molar refractivity (Wildman–Crippen MR) is 62.5 cm³/mol. The highest BCUT2D eigenvalue weighted by Crippen LogP contribution is 2.17. The van der Waals surface area contributed by atoms with Crippen LogP contribution in [0.4, 0.5) is 0 Å². The first kappa shape index (κ1) is 12.5. The summed E-state index contributed by atoms with van der Waals surface area (Å²) in [5.41, 5.74) is 0. The Morgan fingerprint density at radius 2 is 2.27 bits per heavy atom. The van der Waals surface area contributed by atoms with Crippen molar-refractivity contribution in [1.82, 2.24) is 10.6 Å². The maximum absolute atomic E-state index is 11.3. The molecule has 1 heterocycles. The van der Waals surface area contributed by atoms with Gasteiger partial charge in [0.1, 0.15) is 0 Å². The van der Waals surface area contributed by atoms with Crippen LogP contribution in [-0.4, -0.2) is 25.0 Å². The van der Waals surface area contributed by atoms with E-state index in [-0.39, 0.29) is 11.9 Å². The summed E-state index contributed by atoms with van der Waals surface area (Å²) >= 11 is 0. The fraction of sp³-hybridized carbons (Fsp3) is 0.833. The molecule has 1 fully saturated rings. The van der Waals surface area contributed by atoms with Crippen molar-refractivity contribution in [1.29, 1.82) is 0 Å².